The standard InChI is InChI=1S/C17H19N3O2.2ClH/c18-12-14-4-2-10-20(14)17(21)13-3-1-5-16(11-13)22-15-6-8-19-9-7-15;;/h1,3,5-9,11,14H,2,4,10,12,18H2;2*1H. The number of amides is 1. The molecule has 1 aromatic carbocycles. The van der Waals surface area contributed by atoms with E-state index in [-0.39, 0.29) is 36.8 Å². The zero-order valence-corrected chi connectivity index (χ0v) is 14.8. The fourth-order valence-corrected chi connectivity index (χ4v) is 2.75. The van der Waals surface area contributed by atoms with E-state index < -0.39 is 0 Å². The molecule has 1 amide bonds. The third-order valence-electron chi connectivity index (χ3n) is 3.88. The maximum Gasteiger partial charge on any atom is 0.254 e. The molecule has 0 radical (unpaired) electrons. The number of carbonyl (C=O) groups is 1. The lowest BCUT2D eigenvalue weighted by Crippen LogP contribution is -2.39. The van der Waals surface area contributed by atoms with Crippen LogP contribution in [0.2, 0.25) is 0 Å². The molecule has 1 unspecified atom stereocenters. The van der Waals surface area contributed by atoms with Crippen molar-refractivity contribution in [1.82, 2.24) is 9.88 Å². The second-order valence-electron chi connectivity index (χ2n) is 5.34. The summed E-state index contributed by atoms with van der Waals surface area (Å²) >= 11 is 0. The van der Waals surface area contributed by atoms with E-state index in [4.69, 9.17) is 10.5 Å². The summed E-state index contributed by atoms with van der Waals surface area (Å²) in [6.45, 7) is 1.29. The Morgan fingerprint density at radius 2 is 1.96 bits per heavy atom. The number of nitrogens with two attached hydrogens (primary N) is 1. The fraction of sp³-hybridized carbons (Fsp3) is 0.294. The third-order valence-corrected chi connectivity index (χ3v) is 3.88. The summed E-state index contributed by atoms with van der Waals surface area (Å²) in [7, 11) is 0. The number of aromatic nitrogens is 1. The van der Waals surface area contributed by atoms with Crippen LogP contribution in [-0.2, 0) is 0 Å². The van der Waals surface area contributed by atoms with E-state index >= 15 is 0 Å². The first-order valence-corrected chi connectivity index (χ1v) is 7.47. The Kier molecular flexibility index (Phi) is 7.98. The Bertz CT molecular complexity index is 655. The maximum absolute atomic E-state index is 12.6. The van der Waals surface area contributed by atoms with Gasteiger partial charge in [-0.1, -0.05) is 6.07 Å². The predicted molar refractivity (Wildman–Crippen MR) is 98.4 cm³/mol. The summed E-state index contributed by atoms with van der Waals surface area (Å²) in [6.07, 6.45) is 5.33. The van der Waals surface area contributed by atoms with Crippen molar-refractivity contribution >= 4 is 30.7 Å². The van der Waals surface area contributed by atoms with E-state index in [0.717, 1.165) is 19.4 Å². The maximum atomic E-state index is 12.6. The molecule has 1 saturated heterocycles. The van der Waals surface area contributed by atoms with Crippen LogP contribution < -0.4 is 10.5 Å². The van der Waals surface area contributed by atoms with E-state index in [1.807, 2.05) is 23.1 Å². The average Bonchev–Trinajstić information content (AvgIpc) is 3.04. The fourth-order valence-electron chi connectivity index (χ4n) is 2.75. The number of likely N-dealkylation sites (tertiary alicyclic amines) is 1. The number of halogens is 2. The first-order valence-electron chi connectivity index (χ1n) is 7.47. The minimum atomic E-state index is 0. The molecular formula is C17H21Cl2N3O2. The second kappa shape index (κ2) is 9.47. The molecule has 0 saturated carbocycles. The van der Waals surface area contributed by atoms with E-state index in [1.165, 1.54) is 0 Å². The van der Waals surface area contributed by atoms with Crippen molar-refractivity contribution in [3.05, 3.63) is 54.4 Å². The second-order valence-corrected chi connectivity index (χ2v) is 5.34. The van der Waals surface area contributed by atoms with Crippen LogP contribution in [0.15, 0.2) is 48.8 Å². The third kappa shape index (κ3) is 4.60. The molecule has 3 rings (SSSR count). The molecule has 0 aliphatic carbocycles. The van der Waals surface area contributed by atoms with Gasteiger partial charge < -0.3 is 15.4 Å². The highest BCUT2D eigenvalue weighted by Gasteiger charge is 2.28. The smallest absolute Gasteiger partial charge is 0.254 e. The Balaban J connectivity index is 0.00000144. The van der Waals surface area contributed by atoms with E-state index in [9.17, 15) is 4.79 Å². The van der Waals surface area contributed by atoms with Crippen molar-refractivity contribution in [1.29, 1.82) is 0 Å². The first kappa shape index (κ1) is 20.2. The van der Waals surface area contributed by atoms with Crippen LogP contribution in [-0.4, -0.2) is 34.9 Å². The zero-order chi connectivity index (χ0) is 15.4. The normalized spacial score (nSPS) is 16.0. The number of hydrogen-bond donors (Lipinski definition) is 1. The molecule has 1 atom stereocenters. The lowest BCUT2D eigenvalue weighted by Gasteiger charge is -2.23. The number of pyridine rings is 1. The van der Waals surface area contributed by atoms with Gasteiger partial charge in [-0.15, -0.1) is 24.8 Å². The van der Waals surface area contributed by atoms with Gasteiger partial charge in [-0.2, -0.15) is 0 Å². The van der Waals surface area contributed by atoms with Crippen molar-refractivity contribution < 1.29 is 9.53 Å². The Morgan fingerprint density at radius 3 is 2.67 bits per heavy atom. The molecule has 7 heteroatoms. The van der Waals surface area contributed by atoms with E-state index in [2.05, 4.69) is 4.98 Å². The van der Waals surface area contributed by atoms with Crippen LogP contribution in [0.1, 0.15) is 23.2 Å². The highest BCUT2D eigenvalue weighted by molar-refractivity contribution is 5.95. The molecule has 130 valence electrons. The highest BCUT2D eigenvalue weighted by atomic mass is 35.5. The molecule has 2 heterocycles. The minimum absolute atomic E-state index is 0. The molecular weight excluding hydrogens is 349 g/mol. The van der Waals surface area contributed by atoms with E-state index in [1.54, 1.807) is 30.6 Å². The van der Waals surface area contributed by atoms with Crippen molar-refractivity contribution in [2.24, 2.45) is 5.73 Å². The van der Waals surface area contributed by atoms with Gasteiger partial charge in [0.1, 0.15) is 11.5 Å². The van der Waals surface area contributed by atoms with Gasteiger partial charge in [0.15, 0.2) is 0 Å². The van der Waals surface area contributed by atoms with Crippen LogP contribution in [0.5, 0.6) is 11.5 Å². The Hall–Kier alpha value is -1.82. The molecule has 1 aliphatic heterocycles. The summed E-state index contributed by atoms with van der Waals surface area (Å²) in [5.41, 5.74) is 6.38. The monoisotopic (exact) mass is 369 g/mol. The molecule has 24 heavy (non-hydrogen) atoms. The van der Waals surface area contributed by atoms with Crippen molar-refractivity contribution in [3.63, 3.8) is 0 Å². The molecule has 5 nitrogen and oxygen atoms in total. The summed E-state index contributed by atoms with van der Waals surface area (Å²) in [4.78, 5) is 18.4. The van der Waals surface area contributed by atoms with Crippen molar-refractivity contribution in [3.8, 4) is 11.5 Å². The number of nitrogens with zero attached hydrogens (tertiary/aromatic N) is 2. The Morgan fingerprint density at radius 1 is 1.21 bits per heavy atom. The van der Waals surface area contributed by atoms with E-state index in [0.29, 0.717) is 23.6 Å². The van der Waals surface area contributed by atoms with Gasteiger partial charge in [0.2, 0.25) is 0 Å². The summed E-state index contributed by atoms with van der Waals surface area (Å²) in [5, 5.41) is 0. The topological polar surface area (TPSA) is 68.5 Å². The van der Waals surface area contributed by atoms with Crippen LogP contribution in [0, 0.1) is 0 Å². The average molecular weight is 370 g/mol. The number of rotatable bonds is 4. The molecule has 2 N–H and O–H groups in total. The molecule has 0 bridgehead atoms. The summed E-state index contributed by atoms with van der Waals surface area (Å²) in [6, 6.07) is 11.0. The predicted octanol–water partition coefficient (Wildman–Crippen LogP) is 3.28. The first-order chi connectivity index (χ1) is 10.8. The van der Waals surface area contributed by atoms with Gasteiger partial charge in [-0.3, -0.25) is 9.78 Å². The largest absolute Gasteiger partial charge is 0.457 e. The van der Waals surface area contributed by atoms with Gasteiger partial charge in [0.25, 0.3) is 5.91 Å². The quantitative estimate of drug-likeness (QED) is 0.897. The number of carbonyl (C=O) groups excluding carboxylic acids is 1. The zero-order valence-electron chi connectivity index (χ0n) is 13.1. The molecule has 2 aromatic rings. The minimum Gasteiger partial charge on any atom is -0.457 e. The lowest BCUT2D eigenvalue weighted by atomic mass is 10.1. The number of ether oxygens (including phenoxy) is 1. The Labute approximate surface area is 154 Å². The van der Waals surface area contributed by atoms with Gasteiger partial charge in [0, 0.05) is 37.1 Å². The van der Waals surface area contributed by atoms with Crippen molar-refractivity contribution in [2.45, 2.75) is 18.9 Å². The number of hydrogen-bond acceptors (Lipinski definition) is 4. The van der Waals surface area contributed by atoms with Crippen LogP contribution in [0.25, 0.3) is 0 Å². The molecule has 1 aliphatic rings. The van der Waals surface area contributed by atoms with Gasteiger partial charge >= 0.3 is 0 Å². The van der Waals surface area contributed by atoms with Gasteiger partial charge in [0.05, 0.1) is 0 Å². The SMILES string of the molecule is Cl.Cl.NCC1CCCN1C(=O)c1cccc(Oc2ccncc2)c1. The summed E-state index contributed by atoms with van der Waals surface area (Å²) < 4.78 is 5.75. The van der Waals surface area contributed by atoms with Crippen LogP contribution in [0.4, 0.5) is 0 Å². The van der Waals surface area contributed by atoms with Crippen LogP contribution in [0.3, 0.4) is 0 Å². The number of benzene rings is 1. The lowest BCUT2D eigenvalue weighted by molar-refractivity contribution is 0.0741. The van der Waals surface area contributed by atoms with Gasteiger partial charge in [-0.25, -0.2) is 0 Å². The summed E-state index contributed by atoms with van der Waals surface area (Å²) in [5.74, 6) is 1.36. The van der Waals surface area contributed by atoms with Crippen LogP contribution >= 0.6 is 24.8 Å². The highest BCUT2D eigenvalue weighted by Crippen LogP contribution is 2.24. The molecule has 1 fully saturated rings. The van der Waals surface area contributed by atoms with Crippen molar-refractivity contribution in [2.75, 3.05) is 13.1 Å². The van der Waals surface area contributed by atoms with Gasteiger partial charge in [-0.05, 0) is 43.2 Å². The molecule has 1 aromatic heterocycles. The molecule has 0 spiro atoms.